The number of nitrogens with two attached hydrogens (primary N) is 1. The predicted octanol–water partition coefficient (Wildman–Crippen LogP) is 9.09. The van der Waals surface area contributed by atoms with Crippen molar-refractivity contribution in [2.24, 2.45) is 10.7 Å². The summed E-state index contributed by atoms with van der Waals surface area (Å²) in [7, 11) is 0. The van der Waals surface area contributed by atoms with E-state index in [1.165, 1.54) is 28.6 Å². The molecule has 3 nitrogen and oxygen atoms in total. The maximum Gasteiger partial charge on any atom is 0.133 e. The van der Waals surface area contributed by atoms with E-state index in [4.69, 9.17) is 5.73 Å². The number of benzene rings is 4. The number of nitrogens with zero attached hydrogens (tertiary/aromatic N) is 1. The quantitative estimate of drug-likeness (QED) is 0.119. The summed E-state index contributed by atoms with van der Waals surface area (Å²) in [6.45, 7) is 19.4. The van der Waals surface area contributed by atoms with Gasteiger partial charge in [-0.2, -0.15) is 0 Å². The molecule has 4 rings (SSSR count). The molecule has 0 radical (unpaired) electrons. The first-order valence-electron chi connectivity index (χ1n) is 14.6. The van der Waals surface area contributed by atoms with Gasteiger partial charge >= 0.3 is 0 Å². The lowest BCUT2D eigenvalue weighted by atomic mass is 9.78. The second-order valence-electron chi connectivity index (χ2n) is 9.56. The average Bonchev–Trinajstić information content (AvgIpc) is 3.04. The van der Waals surface area contributed by atoms with Gasteiger partial charge in [-0.1, -0.05) is 144 Å². The maximum atomic E-state index is 5.59. The molecule has 0 aliphatic rings. The fourth-order valence-electron chi connectivity index (χ4n) is 4.64. The fourth-order valence-corrected chi connectivity index (χ4v) is 4.64. The van der Waals surface area contributed by atoms with Crippen molar-refractivity contribution in [3.8, 4) is 0 Å². The SMILES string of the molecule is C=C(C)C(N=CN)(c1ccccc1)c1ccccc1.C=C(NCc1cccc(CC)c1)c1cccc(CC)c1.CC. The molecule has 3 heteroatoms. The molecule has 0 fully saturated rings. The molecular weight excluding hydrogens is 498 g/mol. The molecular formula is C38H47N3. The molecule has 0 aliphatic heterocycles. The Balaban J connectivity index is 0.000000271. The molecule has 0 atom stereocenters. The van der Waals surface area contributed by atoms with Crippen LogP contribution in [0.2, 0.25) is 0 Å². The number of aliphatic imine (C=N–C) groups is 1. The molecule has 0 aromatic heterocycles. The molecule has 0 unspecified atom stereocenters. The van der Waals surface area contributed by atoms with Gasteiger partial charge in [0.05, 0.1) is 6.34 Å². The second-order valence-corrected chi connectivity index (χ2v) is 9.56. The van der Waals surface area contributed by atoms with E-state index in [1.807, 2.05) is 57.2 Å². The Labute approximate surface area is 248 Å². The van der Waals surface area contributed by atoms with E-state index in [0.29, 0.717) is 0 Å². The van der Waals surface area contributed by atoms with Crippen molar-refractivity contribution >= 4 is 12.0 Å². The van der Waals surface area contributed by atoms with Crippen LogP contribution in [0.1, 0.15) is 68.0 Å². The highest BCUT2D eigenvalue weighted by molar-refractivity contribution is 5.62. The Morgan fingerprint density at radius 1 is 0.732 bits per heavy atom. The Kier molecular flexibility index (Phi) is 13.9. The van der Waals surface area contributed by atoms with Crippen LogP contribution in [0.4, 0.5) is 0 Å². The zero-order chi connectivity index (χ0) is 30.1. The van der Waals surface area contributed by atoms with Crippen molar-refractivity contribution in [3.05, 3.63) is 161 Å². The van der Waals surface area contributed by atoms with Gasteiger partial charge in [-0.3, -0.25) is 4.99 Å². The standard InChI is InChI=1S/C19H23N.C17H18N2.C2H6/c1-4-16-8-6-10-18(12-16)14-20-15(3)19-11-7-9-17(5-2)13-19;1-14(2)17(19-13-18,15-9-5-3-6-10-15)16-11-7-4-8-12-16;1-2/h6-13,20H,3-5,14H2,1-2H3;3-13H,1H2,2H3,(H2,18,19);1-2H3. The van der Waals surface area contributed by atoms with Gasteiger partial charge in [-0.25, -0.2) is 0 Å². The molecule has 0 saturated heterocycles. The number of hydrogen-bond acceptors (Lipinski definition) is 2. The highest BCUT2D eigenvalue weighted by atomic mass is 14.9. The van der Waals surface area contributed by atoms with E-state index in [9.17, 15) is 0 Å². The first-order valence-corrected chi connectivity index (χ1v) is 14.6. The lowest BCUT2D eigenvalue weighted by Gasteiger charge is -2.31. The number of rotatable bonds is 10. The minimum absolute atomic E-state index is 0.614. The Bertz CT molecular complexity index is 1330. The van der Waals surface area contributed by atoms with Crippen molar-refractivity contribution in [1.82, 2.24) is 5.32 Å². The summed E-state index contributed by atoms with van der Waals surface area (Å²) in [6.07, 6.45) is 3.49. The normalized spacial score (nSPS) is 10.6. The van der Waals surface area contributed by atoms with Crippen LogP contribution in [0.25, 0.3) is 5.70 Å². The van der Waals surface area contributed by atoms with E-state index >= 15 is 0 Å². The zero-order valence-corrected chi connectivity index (χ0v) is 25.5. The number of hydrogen-bond donors (Lipinski definition) is 2. The third-order valence-corrected chi connectivity index (χ3v) is 6.86. The van der Waals surface area contributed by atoms with E-state index in [-0.39, 0.29) is 0 Å². The topological polar surface area (TPSA) is 50.4 Å². The largest absolute Gasteiger partial charge is 0.390 e. The highest BCUT2D eigenvalue weighted by Crippen LogP contribution is 2.39. The molecule has 4 aromatic rings. The zero-order valence-electron chi connectivity index (χ0n) is 25.5. The molecule has 0 heterocycles. The lowest BCUT2D eigenvalue weighted by molar-refractivity contribution is 0.644. The van der Waals surface area contributed by atoms with Crippen LogP contribution >= 0.6 is 0 Å². The minimum Gasteiger partial charge on any atom is -0.390 e. The van der Waals surface area contributed by atoms with Crippen LogP contribution in [-0.2, 0) is 24.9 Å². The second kappa shape index (κ2) is 17.3. The number of nitrogens with one attached hydrogen (secondary N) is 1. The van der Waals surface area contributed by atoms with E-state index in [1.54, 1.807) is 0 Å². The van der Waals surface area contributed by atoms with Crippen molar-refractivity contribution < 1.29 is 0 Å². The van der Waals surface area contributed by atoms with Crippen LogP contribution in [0, 0.1) is 0 Å². The summed E-state index contributed by atoms with van der Waals surface area (Å²) in [4.78, 5) is 4.55. The van der Waals surface area contributed by atoms with Gasteiger partial charge in [-0.15, -0.1) is 0 Å². The van der Waals surface area contributed by atoms with Gasteiger partial charge in [0, 0.05) is 12.2 Å². The van der Waals surface area contributed by atoms with Crippen LogP contribution in [-0.4, -0.2) is 6.34 Å². The lowest BCUT2D eigenvalue weighted by Crippen LogP contribution is -2.27. The summed E-state index contributed by atoms with van der Waals surface area (Å²) in [5, 5.41) is 3.42. The van der Waals surface area contributed by atoms with Crippen molar-refractivity contribution in [2.75, 3.05) is 0 Å². The van der Waals surface area contributed by atoms with Crippen LogP contribution in [0.5, 0.6) is 0 Å². The first-order chi connectivity index (χ1) is 19.9. The number of aryl methyl sites for hydroxylation is 2. The van der Waals surface area contributed by atoms with Crippen LogP contribution in [0.15, 0.2) is 133 Å². The summed E-state index contributed by atoms with van der Waals surface area (Å²) in [5.74, 6) is 0. The molecule has 0 spiro atoms. The van der Waals surface area contributed by atoms with Gasteiger partial charge in [-0.05, 0) is 64.8 Å². The summed E-state index contributed by atoms with van der Waals surface area (Å²) in [6, 6.07) is 37.5. The minimum atomic E-state index is -0.614. The van der Waals surface area contributed by atoms with Gasteiger partial charge in [0.15, 0.2) is 0 Å². The van der Waals surface area contributed by atoms with E-state index in [2.05, 4.69) is 110 Å². The average molecular weight is 546 g/mol. The van der Waals surface area contributed by atoms with Crippen molar-refractivity contribution in [3.63, 3.8) is 0 Å². The molecule has 0 saturated carbocycles. The van der Waals surface area contributed by atoms with Crippen molar-refractivity contribution in [2.45, 2.75) is 59.5 Å². The molecule has 41 heavy (non-hydrogen) atoms. The predicted molar refractivity (Wildman–Crippen MR) is 180 cm³/mol. The smallest absolute Gasteiger partial charge is 0.133 e. The van der Waals surface area contributed by atoms with Gasteiger partial charge in [0.25, 0.3) is 0 Å². The molecule has 4 aromatic carbocycles. The monoisotopic (exact) mass is 545 g/mol. The van der Waals surface area contributed by atoms with E-state index < -0.39 is 5.54 Å². The maximum absolute atomic E-state index is 5.59. The molecule has 214 valence electrons. The third-order valence-electron chi connectivity index (χ3n) is 6.86. The van der Waals surface area contributed by atoms with Gasteiger partial charge < -0.3 is 11.1 Å². The summed E-state index contributed by atoms with van der Waals surface area (Å²) >= 11 is 0. The highest BCUT2D eigenvalue weighted by Gasteiger charge is 2.34. The Morgan fingerprint density at radius 2 is 1.22 bits per heavy atom. The third kappa shape index (κ3) is 9.08. The summed E-state index contributed by atoms with van der Waals surface area (Å²) < 4.78 is 0. The van der Waals surface area contributed by atoms with Crippen molar-refractivity contribution in [1.29, 1.82) is 0 Å². The Hall–Kier alpha value is -4.37. The molecule has 0 bridgehead atoms. The molecule has 0 aliphatic carbocycles. The van der Waals surface area contributed by atoms with Gasteiger partial charge in [0.1, 0.15) is 5.54 Å². The molecule has 0 amide bonds. The summed E-state index contributed by atoms with van der Waals surface area (Å²) in [5.41, 5.74) is 14.2. The van der Waals surface area contributed by atoms with Crippen LogP contribution < -0.4 is 11.1 Å². The molecule has 3 N–H and O–H groups in total. The Morgan fingerprint density at radius 3 is 1.71 bits per heavy atom. The van der Waals surface area contributed by atoms with Crippen LogP contribution in [0.3, 0.4) is 0 Å². The van der Waals surface area contributed by atoms with E-state index in [0.717, 1.165) is 41.8 Å². The fraction of sp³-hybridized carbons (Fsp3) is 0.237. The first kappa shape index (κ1) is 32.8. The van der Waals surface area contributed by atoms with Gasteiger partial charge in [0.2, 0.25) is 0 Å².